The molecule has 0 aromatic heterocycles. The number of Topliss-reactive ketones (excluding diaryl/α,β-unsaturated/α-hetero) is 1. The third-order valence-corrected chi connectivity index (χ3v) is 2.24. The summed E-state index contributed by atoms with van der Waals surface area (Å²) in [6.45, 7) is 1.14. The van der Waals surface area contributed by atoms with E-state index in [0.717, 1.165) is 16.9 Å². The number of nitrogens with one attached hydrogen (secondary N) is 1. The van der Waals surface area contributed by atoms with E-state index in [0.29, 0.717) is 13.1 Å². The van der Waals surface area contributed by atoms with E-state index in [1.807, 2.05) is 18.2 Å². The first-order valence-corrected chi connectivity index (χ1v) is 4.22. The van der Waals surface area contributed by atoms with E-state index in [9.17, 15) is 4.79 Å². The molecule has 2 rings (SSSR count). The molecule has 1 N–H and O–H groups in total. The van der Waals surface area contributed by atoms with Crippen LogP contribution in [0.2, 0.25) is 0 Å². The third-order valence-electron chi connectivity index (χ3n) is 2.24. The van der Waals surface area contributed by atoms with E-state index >= 15 is 0 Å². The molecule has 1 aliphatic heterocycles. The summed E-state index contributed by atoms with van der Waals surface area (Å²) in [6, 6.07) is 5.57. The van der Waals surface area contributed by atoms with Crippen LogP contribution in [0, 0.1) is 0 Å². The van der Waals surface area contributed by atoms with Crippen LogP contribution in [0.1, 0.15) is 15.9 Å². The lowest BCUT2D eigenvalue weighted by atomic mass is 9.99. The molecule has 0 unspecified atom stereocenters. The molecule has 13 heavy (non-hydrogen) atoms. The van der Waals surface area contributed by atoms with E-state index in [1.54, 1.807) is 7.11 Å². The van der Waals surface area contributed by atoms with Gasteiger partial charge >= 0.3 is 0 Å². The van der Waals surface area contributed by atoms with Crippen LogP contribution in [-0.2, 0) is 6.54 Å². The first-order valence-electron chi connectivity index (χ1n) is 4.22. The molecule has 0 saturated heterocycles. The van der Waals surface area contributed by atoms with E-state index in [1.165, 1.54) is 0 Å². The summed E-state index contributed by atoms with van der Waals surface area (Å²) >= 11 is 0. The standard InChI is InChI=1S/C10H11NO2/c1-13-10-4-2-3-7-8(10)5-11-6-9(7)12/h2-4,11H,5-6H2,1H3. The monoisotopic (exact) mass is 177 g/mol. The third kappa shape index (κ3) is 1.31. The molecule has 0 aliphatic carbocycles. The molecule has 68 valence electrons. The van der Waals surface area contributed by atoms with Crippen LogP contribution in [0.4, 0.5) is 0 Å². The fourth-order valence-corrected chi connectivity index (χ4v) is 1.60. The van der Waals surface area contributed by atoms with Crippen LogP contribution in [0.3, 0.4) is 0 Å². The van der Waals surface area contributed by atoms with Crippen molar-refractivity contribution >= 4 is 5.78 Å². The normalized spacial score (nSPS) is 15.3. The van der Waals surface area contributed by atoms with Gasteiger partial charge in [0.05, 0.1) is 13.7 Å². The van der Waals surface area contributed by atoms with E-state index in [-0.39, 0.29) is 5.78 Å². The summed E-state index contributed by atoms with van der Waals surface area (Å²) in [5, 5.41) is 3.04. The maximum atomic E-state index is 11.4. The number of ether oxygens (including phenoxy) is 1. The smallest absolute Gasteiger partial charge is 0.177 e. The highest BCUT2D eigenvalue weighted by molar-refractivity contribution is 6.00. The highest BCUT2D eigenvalue weighted by atomic mass is 16.5. The van der Waals surface area contributed by atoms with Crippen LogP contribution in [0.25, 0.3) is 0 Å². The van der Waals surface area contributed by atoms with Crippen molar-refractivity contribution in [3.05, 3.63) is 29.3 Å². The van der Waals surface area contributed by atoms with E-state index in [2.05, 4.69) is 5.32 Å². The van der Waals surface area contributed by atoms with E-state index in [4.69, 9.17) is 4.74 Å². The van der Waals surface area contributed by atoms with Gasteiger partial charge in [-0.2, -0.15) is 0 Å². The van der Waals surface area contributed by atoms with Gasteiger partial charge in [0.1, 0.15) is 5.75 Å². The molecular weight excluding hydrogens is 166 g/mol. The van der Waals surface area contributed by atoms with Gasteiger partial charge in [0.2, 0.25) is 0 Å². The summed E-state index contributed by atoms with van der Waals surface area (Å²) < 4.78 is 5.17. The van der Waals surface area contributed by atoms with Crippen molar-refractivity contribution in [2.45, 2.75) is 6.54 Å². The molecule has 1 aliphatic rings. The number of hydrogen-bond acceptors (Lipinski definition) is 3. The Morgan fingerprint density at radius 3 is 3.00 bits per heavy atom. The predicted octanol–water partition coefficient (Wildman–Crippen LogP) is 0.981. The highest BCUT2D eigenvalue weighted by Crippen LogP contribution is 2.24. The van der Waals surface area contributed by atoms with Crippen LogP contribution >= 0.6 is 0 Å². The number of rotatable bonds is 1. The molecule has 0 spiro atoms. The largest absolute Gasteiger partial charge is 0.496 e. The maximum Gasteiger partial charge on any atom is 0.177 e. The quantitative estimate of drug-likeness (QED) is 0.695. The van der Waals surface area contributed by atoms with Crippen molar-refractivity contribution in [3.63, 3.8) is 0 Å². The minimum Gasteiger partial charge on any atom is -0.496 e. The molecule has 0 amide bonds. The summed E-state index contributed by atoms with van der Waals surface area (Å²) in [5.74, 6) is 0.929. The van der Waals surface area contributed by atoms with Crippen molar-refractivity contribution in [3.8, 4) is 5.75 Å². The molecule has 0 radical (unpaired) electrons. The fourth-order valence-electron chi connectivity index (χ4n) is 1.60. The van der Waals surface area contributed by atoms with Crippen LogP contribution in [-0.4, -0.2) is 19.4 Å². The Labute approximate surface area is 76.7 Å². The molecule has 3 heteroatoms. The Balaban J connectivity index is 2.54. The van der Waals surface area contributed by atoms with Crippen molar-refractivity contribution in [1.29, 1.82) is 0 Å². The Morgan fingerprint density at radius 2 is 2.23 bits per heavy atom. The van der Waals surface area contributed by atoms with Gasteiger partial charge in [-0.3, -0.25) is 4.79 Å². The Morgan fingerprint density at radius 1 is 1.38 bits per heavy atom. The molecule has 0 fully saturated rings. The lowest BCUT2D eigenvalue weighted by Crippen LogP contribution is -2.29. The lowest BCUT2D eigenvalue weighted by Gasteiger charge is -2.18. The summed E-state index contributed by atoms with van der Waals surface area (Å²) in [5.41, 5.74) is 1.76. The average Bonchev–Trinajstić information content (AvgIpc) is 2.18. The second-order valence-corrected chi connectivity index (χ2v) is 3.01. The fraction of sp³-hybridized carbons (Fsp3) is 0.300. The van der Waals surface area contributed by atoms with Crippen LogP contribution in [0.15, 0.2) is 18.2 Å². The Hall–Kier alpha value is -1.35. The highest BCUT2D eigenvalue weighted by Gasteiger charge is 2.18. The SMILES string of the molecule is COc1cccc2c1CNCC2=O. The van der Waals surface area contributed by atoms with Gasteiger partial charge < -0.3 is 10.1 Å². The number of ketones is 1. The number of fused-ring (bicyclic) bond motifs is 1. The number of carbonyl (C=O) groups excluding carboxylic acids is 1. The Bertz CT molecular complexity index is 347. The first-order chi connectivity index (χ1) is 6.33. The second-order valence-electron chi connectivity index (χ2n) is 3.01. The molecule has 1 heterocycles. The zero-order valence-corrected chi connectivity index (χ0v) is 7.46. The Kier molecular flexibility index (Phi) is 2.02. The molecule has 0 atom stereocenters. The van der Waals surface area contributed by atoms with Gasteiger partial charge in [-0.25, -0.2) is 0 Å². The molecule has 1 aromatic carbocycles. The number of methoxy groups -OCH3 is 1. The minimum atomic E-state index is 0.139. The van der Waals surface area contributed by atoms with Crippen molar-refractivity contribution < 1.29 is 9.53 Å². The van der Waals surface area contributed by atoms with Gasteiger partial charge in [0.25, 0.3) is 0 Å². The molecule has 0 bridgehead atoms. The van der Waals surface area contributed by atoms with Gasteiger partial charge in [0, 0.05) is 17.7 Å². The second kappa shape index (κ2) is 3.18. The zero-order valence-electron chi connectivity index (χ0n) is 7.46. The summed E-state index contributed by atoms with van der Waals surface area (Å²) in [7, 11) is 1.62. The van der Waals surface area contributed by atoms with Gasteiger partial charge in [-0.15, -0.1) is 0 Å². The number of carbonyl (C=O) groups is 1. The number of hydrogen-bond donors (Lipinski definition) is 1. The van der Waals surface area contributed by atoms with Crippen LogP contribution in [0.5, 0.6) is 5.75 Å². The average molecular weight is 177 g/mol. The van der Waals surface area contributed by atoms with Crippen molar-refractivity contribution in [1.82, 2.24) is 5.32 Å². The number of benzene rings is 1. The van der Waals surface area contributed by atoms with Gasteiger partial charge in [-0.05, 0) is 6.07 Å². The molecule has 0 saturated carbocycles. The van der Waals surface area contributed by atoms with Crippen LogP contribution < -0.4 is 10.1 Å². The van der Waals surface area contributed by atoms with E-state index < -0.39 is 0 Å². The predicted molar refractivity (Wildman–Crippen MR) is 49.0 cm³/mol. The molecule has 1 aromatic rings. The van der Waals surface area contributed by atoms with Gasteiger partial charge in [0.15, 0.2) is 5.78 Å². The van der Waals surface area contributed by atoms with Crippen molar-refractivity contribution in [2.75, 3.05) is 13.7 Å². The maximum absolute atomic E-state index is 11.4. The minimum absolute atomic E-state index is 0.139. The zero-order chi connectivity index (χ0) is 9.26. The van der Waals surface area contributed by atoms with Gasteiger partial charge in [-0.1, -0.05) is 12.1 Å². The van der Waals surface area contributed by atoms with Crippen molar-refractivity contribution in [2.24, 2.45) is 0 Å². The molecular formula is C10H11NO2. The topological polar surface area (TPSA) is 38.3 Å². The summed E-state index contributed by atoms with van der Waals surface area (Å²) in [4.78, 5) is 11.4. The summed E-state index contributed by atoms with van der Waals surface area (Å²) in [6.07, 6.45) is 0. The molecule has 3 nitrogen and oxygen atoms in total. The first kappa shape index (κ1) is 8.26. The lowest BCUT2D eigenvalue weighted by molar-refractivity contribution is 0.0981.